The molecular formula is C78H89F6N25O5. The second-order valence-electron chi connectivity index (χ2n) is 27.2. The number of anilines is 2. The van der Waals surface area contributed by atoms with Crippen molar-refractivity contribution in [2.24, 2.45) is 49.4 Å². The van der Waals surface area contributed by atoms with Crippen molar-refractivity contribution in [3.8, 4) is 17.1 Å². The number of hydrogen-bond acceptors (Lipinski definition) is 16. The summed E-state index contributed by atoms with van der Waals surface area (Å²) in [5, 5.41) is 27.5. The number of rotatable bonds is 17. The first-order valence-corrected chi connectivity index (χ1v) is 35.4. The molecule has 9 aromatic rings. The molecule has 598 valence electrons. The zero-order chi connectivity index (χ0) is 83.5. The van der Waals surface area contributed by atoms with Crippen LogP contribution in [-0.4, -0.2) is 111 Å². The Bertz CT molecular complexity index is 5050. The van der Waals surface area contributed by atoms with E-state index < -0.39 is 52.4 Å². The predicted octanol–water partition coefficient (Wildman–Crippen LogP) is 15.0. The number of aromatic nitrogens is 6. The van der Waals surface area contributed by atoms with Crippen LogP contribution >= 0.6 is 0 Å². The molecule has 36 heteroatoms. The SMILES string of the molecule is Cc1cn(-c2ccc(/C=C3\CCCN(Cc4cc(F)cc(F)c4)C3=O)cc2C)cn1.Cc1cn(-c2ccc(/C=C3\CCCN(N(CC(=O)OC(C)(C)C)c4cc(F)cc(F)c4)C3=N)cc2C)cn1.Cc1cn(-c2ccc(/C=C3\CCCN(N(CC(N)=O)c4cc(F)cc(F)c4)C3=O)cc2C)cn1.N/N=N/N.N=N/N=N/N.[N-]=[N+]=N. The quantitative estimate of drug-likeness (QED) is 0.00651. The van der Waals surface area contributed by atoms with Gasteiger partial charge >= 0.3 is 5.97 Å². The molecule has 3 amide bonds. The van der Waals surface area contributed by atoms with Crippen LogP contribution in [0.4, 0.5) is 37.7 Å². The number of nitrogens with zero attached hydrogens (tertiary/aromatic N) is 18. The van der Waals surface area contributed by atoms with Gasteiger partial charge in [-0.3, -0.25) is 39.6 Å². The number of halogens is 6. The van der Waals surface area contributed by atoms with Gasteiger partial charge in [-0.25, -0.2) is 46.3 Å². The maximum atomic E-state index is 14.1. The number of amidine groups is 1. The van der Waals surface area contributed by atoms with Crippen LogP contribution in [-0.2, 0) is 30.5 Å². The van der Waals surface area contributed by atoms with Gasteiger partial charge in [0.1, 0.15) is 59.4 Å². The number of piperidine rings is 3. The molecular weight excluding hydrogens is 1480 g/mol. The first kappa shape index (κ1) is 87.4. The fraction of sp³-hybridized carbons (Fsp3) is 0.282. The molecule has 0 radical (unpaired) electrons. The molecule has 0 aliphatic carbocycles. The van der Waals surface area contributed by atoms with Gasteiger partial charge in [0.15, 0.2) is 0 Å². The fourth-order valence-electron chi connectivity index (χ4n) is 12.5. The topological polar surface area (TPSA) is 421 Å². The number of carbonyl (C=O) groups excluding carboxylic acids is 4. The number of imidazole rings is 3. The summed E-state index contributed by atoms with van der Waals surface area (Å²) < 4.78 is 94.3. The summed E-state index contributed by atoms with van der Waals surface area (Å²) in [7, 11) is 0. The number of hydrogen-bond donors (Lipinski definition) is 7. The highest BCUT2D eigenvalue weighted by Gasteiger charge is 2.32. The number of ether oxygens (including phenoxy) is 1. The van der Waals surface area contributed by atoms with E-state index in [4.69, 9.17) is 32.5 Å². The van der Waals surface area contributed by atoms with E-state index in [1.807, 2.05) is 141 Å². The van der Waals surface area contributed by atoms with Crippen molar-refractivity contribution in [2.45, 2.75) is 113 Å². The van der Waals surface area contributed by atoms with Crippen molar-refractivity contribution in [3.63, 3.8) is 0 Å². The van der Waals surface area contributed by atoms with Gasteiger partial charge in [0.2, 0.25) is 11.8 Å². The second-order valence-corrected chi connectivity index (χ2v) is 27.2. The zero-order valence-corrected chi connectivity index (χ0v) is 64.2. The van der Waals surface area contributed by atoms with Crippen molar-refractivity contribution in [1.29, 1.82) is 16.5 Å². The lowest BCUT2D eigenvalue weighted by Gasteiger charge is -2.41. The molecule has 6 heterocycles. The predicted molar refractivity (Wildman–Crippen MR) is 418 cm³/mol. The lowest BCUT2D eigenvalue weighted by molar-refractivity contribution is -0.153. The Morgan fingerprint density at radius 1 is 0.553 bits per heavy atom. The van der Waals surface area contributed by atoms with E-state index >= 15 is 0 Å². The van der Waals surface area contributed by atoms with E-state index in [0.29, 0.717) is 68.4 Å². The fourth-order valence-corrected chi connectivity index (χ4v) is 12.5. The summed E-state index contributed by atoms with van der Waals surface area (Å²) in [6.07, 6.45) is 20.9. The number of hydrazine groups is 2. The number of benzene rings is 6. The third-order valence-corrected chi connectivity index (χ3v) is 17.1. The zero-order valence-electron chi connectivity index (χ0n) is 64.2. The van der Waals surface area contributed by atoms with Gasteiger partial charge in [-0.1, -0.05) is 33.9 Å². The van der Waals surface area contributed by atoms with Crippen molar-refractivity contribution in [2.75, 3.05) is 42.7 Å². The van der Waals surface area contributed by atoms with Crippen LogP contribution in [0.2, 0.25) is 0 Å². The molecule has 0 unspecified atom stereocenters. The van der Waals surface area contributed by atoms with Gasteiger partial charge in [0, 0.05) is 91.2 Å². The Kier molecular flexibility index (Phi) is 31.7. The summed E-state index contributed by atoms with van der Waals surface area (Å²) >= 11 is 0. The van der Waals surface area contributed by atoms with E-state index in [1.165, 1.54) is 27.2 Å². The van der Waals surface area contributed by atoms with Gasteiger partial charge < -0.3 is 46.6 Å². The summed E-state index contributed by atoms with van der Waals surface area (Å²) in [4.78, 5) is 66.9. The Morgan fingerprint density at radius 2 is 0.921 bits per heavy atom. The summed E-state index contributed by atoms with van der Waals surface area (Å²) in [6.45, 7) is 17.9. The van der Waals surface area contributed by atoms with Crippen molar-refractivity contribution >= 4 is 59.1 Å². The number of primary amides is 1. The molecule has 3 aliphatic rings. The molecule has 3 aromatic heterocycles. The number of carbonyl (C=O) groups is 4. The van der Waals surface area contributed by atoms with Crippen LogP contribution in [0.5, 0.6) is 0 Å². The maximum Gasteiger partial charge on any atom is 0.328 e. The van der Waals surface area contributed by atoms with E-state index in [0.717, 1.165) is 122 Å². The highest BCUT2D eigenvalue weighted by atomic mass is 19.2. The van der Waals surface area contributed by atoms with Gasteiger partial charge in [-0.15, -0.1) is 5.53 Å². The lowest BCUT2D eigenvalue weighted by atomic mass is 9.99. The highest BCUT2D eigenvalue weighted by Crippen LogP contribution is 2.32. The number of amides is 3. The Labute approximate surface area is 653 Å². The minimum atomic E-state index is -0.812. The van der Waals surface area contributed by atoms with Crippen molar-refractivity contribution < 1.29 is 50.3 Å². The van der Waals surface area contributed by atoms with Crippen LogP contribution in [0.1, 0.15) is 115 Å². The third kappa shape index (κ3) is 25.7. The summed E-state index contributed by atoms with van der Waals surface area (Å²) in [5.41, 5.74) is 37.1. The summed E-state index contributed by atoms with van der Waals surface area (Å²) in [5.74, 6) is 7.13. The minimum absolute atomic E-state index is 0.0433. The van der Waals surface area contributed by atoms with Crippen LogP contribution in [0.25, 0.3) is 45.7 Å². The van der Waals surface area contributed by atoms with Crippen LogP contribution < -0.4 is 33.3 Å². The second kappa shape index (κ2) is 41.3. The Balaban J connectivity index is 0.000000222. The van der Waals surface area contributed by atoms with E-state index in [9.17, 15) is 45.5 Å². The standard InChI is InChI=1S/C29H33F2N5O2.C25H25F2N5O2.C24H23F2N3O.H3N5.H4N4.HN3/c1-19-11-21(8-9-26(19)34-16-20(2)33-18-34)12-22-7-6-10-35(28(22)32)36(17-27(37)38-29(3,4)5)25-14-23(30)13-24(31)15-25;1-16-8-18(5-6-23(16)30-13-17(2)29-15-30)9-19-4-3-7-31(25(19)34)32(14-24(28)33)22-11-20(26)10-21(27)12-22;1-16-8-18(5-6-23(16)29-13-17(2)27-15-29)9-20-4-3-7-28(24(20)30)14-19-10-21(25)12-22(26)11-19;1-3-5-4-2;1-3-4-2;1-3-2/h8-9,11-16,18,32H,6-7,10,17H2,1-5H3;5-6,8-13,15H,3-4,7,14H2,1-2H3,(H2,28,33);5-6,8-13,15H,3-4,7,14H2,1-2H3;(H3,1,2,5);(H2,1,4)(H2,2,3);1H/b22-12+,32-28?;19-9+;20-9+;;;. The van der Waals surface area contributed by atoms with Crippen molar-refractivity contribution in [3.05, 3.63) is 265 Å². The summed E-state index contributed by atoms with van der Waals surface area (Å²) in [6, 6.07) is 27.3. The molecule has 6 aromatic carbocycles. The number of likely N-dealkylation sites (tertiary alicyclic amines) is 1. The van der Waals surface area contributed by atoms with Gasteiger partial charge in [0.25, 0.3) is 5.91 Å². The minimum Gasteiger partial charge on any atom is -0.459 e. The third-order valence-electron chi connectivity index (χ3n) is 17.1. The van der Waals surface area contributed by atoms with Crippen LogP contribution in [0.3, 0.4) is 0 Å². The largest absolute Gasteiger partial charge is 0.459 e. The van der Waals surface area contributed by atoms with E-state index in [-0.39, 0.29) is 48.7 Å². The number of nitrogens with one attached hydrogen (secondary N) is 3. The Hall–Kier alpha value is -13.8. The normalized spacial score (nSPS) is 14.5. The van der Waals surface area contributed by atoms with Crippen LogP contribution in [0.15, 0.2) is 190 Å². The Morgan fingerprint density at radius 3 is 1.27 bits per heavy atom. The molecule has 114 heavy (non-hydrogen) atoms. The molecule has 12 rings (SSSR count). The number of esters is 1. The highest BCUT2D eigenvalue weighted by molar-refractivity contribution is 6.02. The molecule has 0 bridgehead atoms. The number of nitrogens with two attached hydrogens (primary N) is 4. The van der Waals surface area contributed by atoms with Crippen LogP contribution in [0, 0.1) is 92.9 Å². The van der Waals surface area contributed by atoms with E-state index in [2.05, 4.69) is 58.6 Å². The molecule has 0 atom stereocenters. The van der Waals surface area contributed by atoms with Gasteiger partial charge in [0.05, 0.1) is 47.4 Å². The number of aryl methyl sites for hydroxylation is 6. The maximum absolute atomic E-state index is 14.1. The average molecular weight is 1570 g/mol. The molecule has 11 N–H and O–H groups in total. The molecule has 3 aliphatic heterocycles. The smallest absolute Gasteiger partial charge is 0.328 e. The van der Waals surface area contributed by atoms with E-state index in [1.54, 1.807) is 60.6 Å². The van der Waals surface area contributed by atoms with Crippen molar-refractivity contribution in [1.82, 2.24) is 43.6 Å². The monoisotopic (exact) mass is 1570 g/mol. The molecule has 30 nitrogen and oxygen atoms in total. The molecule has 0 saturated carbocycles. The molecule has 3 saturated heterocycles. The molecule has 3 fully saturated rings. The lowest BCUT2D eigenvalue weighted by Crippen LogP contribution is -2.52. The average Bonchev–Trinajstić information content (AvgIpc) is 1.04. The first-order chi connectivity index (χ1) is 54.2. The van der Waals surface area contributed by atoms with Gasteiger partial charge in [-0.05, 0) is 257 Å². The first-order valence-electron chi connectivity index (χ1n) is 35.4. The molecule has 0 spiro atoms. The van der Waals surface area contributed by atoms with Gasteiger partial charge in [-0.2, -0.15) is 5.53 Å².